The molecule has 1 aromatic rings. The SMILES string of the molecule is CCNC(CC(C)C)c1nc(C)c(C)s1. The third-order valence-electron chi connectivity index (χ3n) is 2.50. The quantitative estimate of drug-likeness (QED) is 0.831. The first-order valence-electron chi connectivity index (χ1n) is 5.71. The molecule has 0 radical (unpaired) electrons. The van der Waals surface area contributed by atoms with E-state index < -0.39 is 0 Å². The summed E-state index contributed by atoms with van der Waals surface area (Å²) in [4.78, 5) is 5.98. The van der Waals surface area contributed by atoms with Gasteiger partial charge in [-0.15, -0.1) is 11.3 Å². The minimum absolute atomic E-state index is 0.437. The van der Waals surface area contributed by atoms with Crippen LogP contribution in [0.1, 0.15) is 48.8 Å². The van der Waals surface area contributed by atoms with Crippen LogP contribution in [0.4, 0.5) is 0 Å². The van der Waals surface area contributed by atoms with Gasteiger partial charge in [0.05, 0.1) is 11.7 Å². The molecule has 0 amide bonds. The Balaban J connectivity index is 2.78. The molecular formula is C12H22N2S. The van der Waals surface area contributed by atoms with E-state index in [9.17, 15) is 0 Å². The number of thiazole rings is 1. The fourth-order valence-electron chi connectivity index (χ4n) is 1.64. The largest absolute Gasteiger partial charge is 0.308 e. The standard InChI is InChI=1S/C12H22N2S/c1-6-13-11(7-8(2)3)12-14-9(4)10(5)15-12/h8,11,13H,6-7H2,1-5H3. The van der Waals surface area contributed by atoms with Crippen molar-refractivity contribution in [2.24, 2.45) is 5.92 Å². The van der Waals surface area contributed by atoms with Gasteiger partial charge in [0.15, 0.2) is 0 Å². The second-order valence-corrected chi connectivity index (χ2v) is 5.67. The van der Waals surface area contributed by atoms with Crippen molar-refractivity contribution in [1.82, 2.24) is 10.3 Å². The Morgan fingerprint density at radius 1 is 1.33 bits per heavy atom. The summed E-state index contributed by atoms with van der Waals surface area (Å²) in [5.74, 6) is 0.707. The summed E-state index contributed by atoms with van der Waals surface area (Å²) < 4.78 is 0. The summed E-state index contributed by atoms with van der Waals surface area (Å²) in [6.07, 6.45) is 1.17. The molecule has 3 heteroatoms. The maximum atomic E-state index is 4.64. The molecule has 1 atom stereocenters. The first-order valence-corrected chi connectivity index (χ1v) is 6.53. The molecule has 0 aliphatic rings. The van der Waals surface area contributed by atoms with Crippen molar-refractivity contribution in [1.29, 1.82) is 0 Å². The molecule has 0 bridgehead atoms. The average molecular weight is 226 g/mol. The van der Waals surface area contributed by atoms with Gasteiger partial charge < -0.3 is 5.32 Å². The fraction of sp³-hybridized carbons (Fsp3) is 0.750. The van der Waals surface area contributed by atoms with E-state index in [1.54, 1.807) is 0 Å². The van der Waals surface area contributed by atoms with E-state index in [1.165, 1.54) is 22.0 Å². The lowest BCUT2D eigenvalue weighted by molar-refractivity contribution is 0.437. The van der Waals surface area contributed by atoms with Crippen molar-refractivity contribution in [2.45, 2.75) is 47.1 Å². The van der Waals surface area contributed by atoms with Crippen LogP contribution in [0.25, 0.3) is 0 Å². The highest BCUT2D eigenvalue weighted by Crippen LogP contribution is 2.27. The van der Waals surface area contributed by atoms with Gasteiger partial charge in [0.1, 0.15) is 5.01 Å². The minimum atomic E-state index is 0.437. The van der Waals surface area contributed by atoms with Gasteiger partial charge in [0, 0.05) is 4.88 Å². The summed E-state index contributed by atoms with van der Waals surface area (Å²) in [7, 11) is 0. The molecule has 0 aliphatic carbocycles. The van der Waals surface area contributed by atoms with E-state index in [2.05, 4.69) is 44.9 Å². The summed E-state index contributed by atoms with van der Waals surface area (Å²) in [6.45, 7) is 11.9. The van der Waals surface area contributed by atoms with Crippen LogP contribution in [-0.2, 0) is 0 Å². The maximum absolute atomic E-state index is 4.64. The molecule has 86 valence electrons. The highest BCUT2D eigenvalue weighted by Gasteiger charge is 2.16. The van der Waals surface area contributed by atoms with Gasteiger partial charge in [-0.2, -0.15) is 0 Å². The number of hydrogen-bond acceptors (Lipinski definition) is 3. The van der Waals surface area contributed by atoms with E-state index in [-0.39, 0.29) is 0 Å². The summed E-state index contributed by atoms with van der Waals surface area (Å²) in [5, 5.41) is 4.77. The molecule has 0 saturated heterocycles. The molecule has 0 fully saturated rings. The van der Waals surface area contributed by atoms with Gasteiger partial charge in [0.2, 0.25) is 0 Å². The van der Waals surface area contributed by atoms with Crippen LogP contribution in [0.15, 0.2) is 0 Å². The molecule has 1 N–H and O–H groups in total. The van der Waals surface area contributed by atoms with Crippen LogP contribution in [0.3, 0.4) is 0 Å². The number of rotatable bonds is 5. The van der Waals surface area contributed by atoms with Crippen LogP contribution in [0.5, 0.6) is 0 Å². The molecule has 0 aliphatic heterocycles. The first-order chi connectivity index (χ1) is 7.04. The monoisotopic (exact) mass is 226 g/mol. The third-order valence-corrected chi connectivity index (χ3v) is 3.69. The Morgan fingerprint density at radius 3 is 2.40 bits per heavy atom. The van der Waals surface area contributed by atoms with Gasteiger partial charge in [-0.05, 0) is 32.7 Å². The fourth-order valence-corrected chi connectivity index (χ4v) is 2.65. The number of hydrogen-bond donors (Lipinski definition) is 1. The maximum Gasteiger partial charge on any atom is 0.110 e. The molecule has 1 rings (SSSR count). The Morgan fingerprint density at radius 2 is 2.00 bits per heavy atom. The van der Waals surface area contributed by atoms with Crippen LogP contribution in [0.2, 0.25) is 0 Å². The zero-order valence-electron chi connectivity index (χ0n) is 10.4. The molecule has 1 heterocycles. The van der Waals surface area contributed by atoms with Gasteiger partial charge >= 0.3 is 0 Å². The molecule has 0 aromatic carbocycles. The van der Waals surface area contributed by atoms with E-state index in [0.29, 0.717) is 12.0 Å². The lowest BCUT2D eigenvalue weighted by Crippen LogP contribution is -2.22. The van der Waals surface area contributed by atoms with E-state index in [0.717, 1.165) is 6.54 Å². The predicted molar refractivity (Wildman–Crippen MR) is 67.5 cm³/mol. The second kappa shape index (κ2) is 5.61. The summed E-state index contributed by atoms with van der Waals surface area (Å²) in [6, 6.07) is 0.437. The van der Waals surface area contributed by atoms with E-state index in [1.807, 2.05) is 11.3 Å². The van der Waals surface area contributed by atoms with Crippen LogP contribution in [0, 0.1) is 19.8 Å². The molecule has 1 unspecified atom stereocenters. The van der Waals surface area contributed by atoms with Crippen molar-refractivity contribution < 1.29 is 0 Å². The third kappa shape index (κ3) is 3.58. The lowest BCUT2D eigenvalue weighted by Gasteiger charge is -2.17. The zero-order valence-corrected chi connectivity index (χ0v) is 11.2. The molecule has 0 saturated carbocycles. The number of aromatic nitrogens is 1. The predicted octanol–water partition coefficient (Wildman–Crippen LogP) is 3.46. The van der Waals surface area contributed by atoms with Crippen molar-refractivity contribution in [3.05, 3.63) is 15.6 Å². The van der Waals surface area contributed by atoms with Crippen LogP contribution in [-0.4, -0.2) is 11.5 Å². The van der Waals surface area contributed by atoms with Crippen molar-refractivity contribution >= 4 is 11.3 Å². The topological polar surface area (TPSA) is 24.9 Å². The number of nitrogens with one attached hydrogen (secondary N) is 1. The molecule has 0 spiro atoms. The number of aryl methyl sites for hydroxylation is 2. The van der Waals surface area contributed by atoms with Gasteiger partial charge in [-0.25, -0.2) is 4.98 Å². The van der Waals surface area contributed by atoms with Gasteiger partial charge in [-0.1, -0.05) is 20.8 Å². The Bertz CT molecular complexity index is 285. The lowest BCUT2D eigenvalue weighted by atomic mass is 10.0. The normalized spacial score (nSPS) is 13.5. The van der Waals surface area contributed by atoms with E-state index >= 15 is 0 Å². The summed E-state index contributed by atoms with van der Waals surface area (Å²) in [5.41, 5.74) is 1.18. The van der Waals surface area contributed by atoms with Crippen molar-refractivity contribution in [3.8, 4) is 0 Å². The van der Waals surface area contributed by atoms with Crippen molar-refractivity contribution in [2.75, 3.05) is 6.54 Å². The molecular weight excluding hydrogens is 204 g/mol. The molecule has 2 nitrogen and oxygen atoms in total. The Hall–Kier alpha value is -0.410. The summed E-state index contributed by atoms with van der Waals surface area (Å²) >= 11 is 1.83. The highest BCUT2D eigenvalue weighted by molar-refractivity contribution is 7.11. The minimum Gasteiger partial charge on any atom is -0.308 e. The number of nitrogens with zero attached hydrogens (tertiary/aromatic N) is 1. The van der Waals surface area contributed by atoms with E-state index in [4.69, 9.17) is 0 Å². The van der Waals surface area contributed by atoms with Crippen LogP contribution < -0.4 is 5.32 Å². The second-order valence-electron chi connectivity index (χ2n) is 4.43. The zero-order chi connectivity index (χ0) is 11.4. The molecule has 15 heavy (non-hydrogen) atoms. The smallest absolute Gasteiger partial charge is 0.110 e. The Kier molecular flexibility index (Phi) is 4.74. The van der Waals surface area contributed by atoms with Crippen molar-refractivity contribution in [3.63, 3.8) is 0 Å². The highest BCUT2D eigenvalue weighted by atomic mass is 32.1. The average Bonchev–Trinajstić information content (AvgIpc) is 2.46. The Labute approximate surface area is 97.1 Å². The first kappa shape index (κ1) is 12.7. The molecule has 1 aromatic heterocycles. The van der Waals surface area contributed by atoms with Gasteiger partial charge in [-0.3, -0.25) is 0 Å². The van der Waals surface area contributed by atoms with Gasteiger partial charge in [0.25, 0.3) is 0 Å². The van der Waals surface area contributed by atoms with Crippen LogP contribution >= 0.6 is 11.3 Å².